The Morgan fingerprint density at radius 1 is 1.10 bits per heavy atom. The molecule has 0 aromatic heterocycles. The average molecular weight is 282 g/mol. The predicted molar refractivity (Wildman–Crippen MR) is 85.4 cm³/mol. The molecule has 0 spiro atoms. The Morgan fingerprint density at radius 3 is 2.29 bits per heavy atom. The van der Waals surface area contributed by atoms with Gasteiger partial charge in [0.25, 0.3) is 0 Å². The summed E-state index contributed by atoms with van der Waals surface area (Å²) in [6.07, 6.45) is 1.74. The first-order valence-electron chi connectivity index (χ1n) is 6.80. The van der Waals surface area contributed by atoms with Crippen molar-refractivity contribution in [2.24, 2.45) is 4.99 Å². The molecule has 0 N–H and O–H groups in total. The molecule has 0 atom stereocenters. The summed E-state index contributed by atoms with van der Waals surface area (Å²) in [7, 11) is 1.73. The first-order chi connectivity index (χ1) is 10.3. The largest absolute Gasteiger partial charge is 0.462 e. The number of hydrogen-bond acceptors (Lipinski definition) is 3. The fourth-order valence-electron chi connectivity index (χ4n) is 1.96. The summed E-state index contributed by atoms with van der Waals surface area (Å²) in [6.45, 7) is 2.17. The van der Waals surface area contributed by atoms with Crippen LogP contribution in [-0.4, -0.2) is 26.0 Å². The van der Waals surface area contributed by atoms with Crippen molar-refractivity contribution in [2.75, 3.05) is 18.6 Å². The summed E-state index contributed by atoms with van der Waals surface area (Å²) in [6, 6.07) is 17.2. The van der Waals surface area contributed by atoms with Crippen LogP contribution in [-0.2, 0) is 4.74 Å². The van der Waals surface area contributed by atoms with E-state index < -0.39 is 0 Å². The quantitative estimate of drug-likeness (QED) is 0.477. The molecular formula is C17H18N2O2. The zero-order valence-corrected chi connectivity index (χ0v) is 12.2. The molecule has 4 nitrogen and oxygen atoms in total. The summed E-state index contributed by atoms with van der Waals surface area (Å²) in [5.74, 6) is -0.306. The third-order valence-electron chi connectivity index (χ3n) is 2.92. The van der Waals surface area contributed by atoms with Crippen LogP contribution in [0.3, 0.4) is 0 Å². The molecule has 0 radical (unpaired) electrons. The Kier molecular flexibility index (Phi) is 5.10. The molecule has 0 aliphatic heterocycles. The monoisotopic (exact) mass is 282 g/mol. The number of benzene rings is 2. The molecule has 0 saturated heterocycles. The number of hydrogen-bond donors (Lipinski definition) is 0. The van der Waals surface area contributed by atoms with E-state index in [2.05, 4.69) is 4.99 Å². The Bertz CT molecular complexity index is 606. The maximum Gasteiger partial charge on any atom is 0.338 e. The highest BCUT2D eigenvalue weighted by Gasteiger charge is 2.09. The first-order valence-corrected chi connectivity index (χ1v) is 6.80. The fraction of sp³-hybridized carbons (Fsp3) is 0.176. The van der Waals surface area contributed by atoms with Crippen molar-refractivity contribution in [1.29, 1.82) is 0 Å². The number of carbonyl (C=O) groups excluding carboxylic acids is 1. The molecule has 0 aliphatic carbocycles. The van der Waals surface area contributed by atoms with Crippen LogP contribution in [0.4, 0.5) is 11.4 Å². The van der Waals surface area contributed by atoms with E-state index in [-0.39, 0.29) is 5.97 Å². The highest BCUT2D eigenvalue weighted by Crippen LogP contribution is 2.24. The van der Waals surface area contributed by atoms with E-state index in [1.165, 1.54) is 0 Å². The number of esters is 1. The van der Waals surface area contributed by atoms with Crippen molar-refractivity contribution in [3.8, 4) is 0 Å². The first kappa shape index (κ1) is 14.8. The van der Waals surface area contributed by atoms with Gasteiger partial charge < -0.3 is 9.64 Å². The molecule has 0 fully saturated rings. The molecule has 21 heavy (non-hydrogen) atoms. The van der Waals surface area contributed by atoms with Gasteiger partial charge in [-0.3, -0.25) is 4.99 Å². The molecule has 2 aromatic carbocycles. The second kappa shape index (κ2) is 7.24. The molecule has 0 unspecified atom stereocenters. The van der Waals surface area contributed by atoms with Gasteiger partial charge in [-0.2, -0.15) is 0 Å². The van der Waals surface area contributed by atoms with Crippen molar-refractivity contribution in [1.82, 2.24) is 0 Å². The van der Waals surface area contributed by atoms with E-state index in [9.17, 15) is 4.79 Å². The van der Waals surface area contributed by atoms with E-state index in [0.29, 0.717) is 12.2 Å². The van der Waals surface area contributed by atoms with Gasteiger partial charge in [0.2, 0.25) is 0 Å². The van der Waals surface area contributed by atoms with Crippen LogP contribution in [0.2, 0.25) is 0 Å². The number of para-hydroxylation sites is 1. The lowest BCUT2D eigenvalue weighted by atomic mass is 10.2. The van der Waals surface area contributed by atoms with Crippen LogP contribution in [0.5, 0.6) is 0 Å². The van der Waals surface area contributed by atoms with E-state index in [4.69, 9.17) is 4.74 Å². The zero-order valence-electron chi connectivity index (χ0n) is 12.2. The van der Waals surface area contributed by atoms with Gasteiger partial charge in [-0.05, 0) is 43.3 Å². The second-order valence-electron chi connectivity index (χ2n) is 4.35. The third-order valence-corrected chi connectivity index (χ3v) is 2.92. The zero-order chi connectivity index (χ0) is 15.1. The number of carbonyl (C=O) groups is 1. The fourth-order valence-corrected chi connectivity index (χ4v) is 1.96. The highest BCUT2D eigenvalue weighted by atomic mass is 16.5. The van der Waals surface area contributed by atoms with E-state index >= 15 is 0 Å². The number of nitrogens with zero attached hydrogens (tertiary/aromatic N) is 2. The van der Waals surface area contributed by atoms with Crippen LogP contribution in [0, 0.1) is 0 Å². The summed E-state index contributed by atoms with van der Waals surface area (Å²) in [5, 5.41) is 0. The minimum atomic E-state index is -0.306. The van der Waals surface area contributed by atoms with Gasteiger partial charge in [-0.15, -0.1) is 0 Å². The van der Waals surface area contributed by atoms with Crippen molar-refractivity contribution < 1.29 is 9.53 Å². The number of anilines is 2. The third kappa shape index (κ3) is 3.69. The topological polar surface area (TPSA) is 41.9 Å². The van der Waals surface area contributed by atoms with Gasteiger partial charge in [0.05, 0.1) is 18.5 Å². The molecular weight excluding hydrogens is 264 g/mol. The molecule has 0 amide bonds. The lowest BCUT2D eigenvalue weighted by Crippen LogP contribution is -2.14. The predicted octanol–water partition coefficient (Wildman–Crippen LogP) is 3.66. The van der Waals surface area contributed by atoms with Crippen LogP contribution in [0.25, 0.3) is 0 Å². The Labute approximate surface area is 124 Å². The number of aliphatic imine (C=N–C) groups is 1. The Hall–Kier alpha value is -2.62. The molecule has 2 rings (SSSR count). The minimum absolute atomic E-state index is 0.306. The second-order valence-corrected chi connectivity index (χ2v) is 4.35. The maximum atomic E-state index is 11.7. The summed E-state index contributed by atoms with van der Waals surface area (Å²) < 4.78 is 4.98. The maximum absolute atomic E-state index is 11.7. The molecule has 0 saturated carbocycles. The van der Waals surface area contributed by atoms with Gasteiger partial charge in [-0.1, -0.05) is 18.2 Å². The van der Waals surface area contributed by atoms with Gasteiger partial charge in [0, 0.05) is 18.4 Å². The van der Waals surface area contributed by atoms with E-state index in [1.807, 2.05) is 47.4 Å². The van der Waals surface area contributed by atoms with Crippen molar-refractivity contribution in [2.45, 2.75) is 6.92 Å². The lowest BCUT2D eigenvalue weighted by Gasteiger charge is -2.19. The smallest absolute Gasteiger partial charge is 0.338 e. The van der Waals surface area contributed by atoms with Crippen LogP contribution >= 0.6 is 0 Å². The van der Waals surface area contributed by atoms with Gasteiger partial charge in [0.15, 0.2) is 0 Å². The SMILES string of the molecule is CCOC(=O)c1ccc(N(/C=N/C)c2ccccc2)cc1. The highest BCUT2D eigenvalue weighted by molar-refractivity contribution is 5.92. The van der Waals surface area contributed by atoms with E-state index in [1.54, 1.807) is 32.4 Å². The molecule has 2 aromatic rings. The standard InChI is InChI=1S/C17H18N2O2/c1-3-21-17(20)14-9-11-16(12-10-14)19(13-18-2)15-7-5-4-6-8-15/h4-13H,3H2,1-2H3/b18-13+. The Morgan fingerprint density at radius 2 is 1.71 bits per heavy atom. The number of rotatable bonds is 5. The molecule has 0 aliphatic rings. The summed E-state index contributed by atoms with van der Waals surface area (Å²) in [4.78, 5) is 17.7. The van der Waals surface area contributed by atoms with Crippen molar-refractivity contribution in [3.05, 3.63) is 60.2 Å². The number of ether oxygens (including phenoxy) is 1. The van der Waals surface area contributed by atoms with Gasteiger partial charge >= 0.3 is 5.97 Å². The van der Waals surface area contributed by atoms with Crippen molar-refractivity contribution >= 4 is 23.7 Å². The van der Waals surface area contributed by atoms with Crippen LogP contribution in [0.15, 0.2) is 59.6 Å². The summed E-state index contributed by atoms with van der Waals surface area (Å²) >= 11 is 0. The normalized spacial score (nSPS) is 10.6. The molecule has 4 heteroatoms. The van der Waals surface area contributed by atoms with Gasteiger partial charge in [0.1, 0.15) is 0 Å². The van der Waals surface area contributed by atoms with Gasteiger partial charge in [-0.25, -0.2) is 4.79 Å². The average Bonchev–Trinajstić information content (AvgIpc) is 2.54. The van der Waals surface area contributed by atoms with E-state index in [0.717, 1.165) is 11.4 Å². The molecule has 0 bridgehead atoms. The summed E-state index contributed by atoms with van der Waals surface area (Å²) in [5.41, 5.74) is 2.48. The minimum Gasteiger partial charge on any atom is -0.462 e. The van der Waals surface area contributed by atoms with Crippen molar-refractivity contribution in [3.63, 3.8) is 0 Å². The lowest BCUT2D eigenvalue weighted by molar-refractivity contribution is 0.0526. The molecule has 108 valence electrons. The van der Waals surface area contributed by atoms with Crippen LogP contribution < -0.4 is 4.90 Å². The molecule has 0 heterocycles. The van der Waals surface area contributed by atoms with Crippen LogP contribution in [0.1, 0.15) is 17.3 Å². The Balaban J connectivity index is 2.28.